The molecule has 1 aliphatic carbocycles. The van der Waals surface area contributed by atoms with Gasteiger partial charge in [-0.2, -0.15) is 11.8 Å². The molecule has 2 aliphatic heterocycles. The fourth-order valence-corrected chi connectivity index (χ4v) is 9.69. The van der Waals surface area contributed by atoms with Gasteiger partial charge in [0.25, 0.3) is 5.82 Å². The second kappa shape index (κ2) is 16.8. The van der Waals surface area contributed by atoms with E-state index in [1.165, 1.54) is 0 Å². The summed E-state index contributed by atoms with van der Waals surface area (Å²) < 4.78 is 15.8. The van der Waals surface area contributed by atoms with Crippen LogP contribution in [0.2, 0.25) is 0 Å². The fraction of sp³-hybridized carbons (Fsp3) is 0.568. The lowest BCUT2D eigenvalue weighted by molar-refractivity contribution is -0.634. The summed E-state index contributed by atoms with van der Waals surface area (Å²) in [6, 6.07) is 13.3. The number of imidazole rings is 1. The summed E-state index contributed by atoms with van der Waals surface area (Å²) in [5.41, 5.74) is 12.1. The van der Waals surface area contributed by atoms with Crippen molar-refractivity contribution in [2.45, 2.75) is 96.1 Å². The predicted octanol–water partition coefficient (Wildman–Crippen LogP) is 4.17. The van der Waals surface area contributed by atoms with Crippen LogP contribution in [0.5, 0.6) is 5.75 Å². The highest BCUT2D eigenvalue weighted by molar-refractivity contribution is 8.00. The van der Waals surface area contributed by atoms with Crippen molar-refractivity contribution in [1.29, 1.82) is 0 Å². The molecule has 3 aromatic rings. The Morgan fingerprint density at radius 1 is 1.16 bits per heavy atom. The lowest BCUT2D eigenvalue weighted by Crippen LogP contribution is -3.00. The number of fused-ring (bicyclic) bond motifs is 2. The Labute approximate surface area is 314 Å². The van der Waals surface area contributed by atoms with Gasteiger partial charge < -0.3 is 38.8 Å². The molecule has 2 aromatic carbocycles. The number of hydrogen-bond donors (Lipinski definition) is 1. The van der Waals surface area contributed by atoms with Crippen LogP contribution in [0.15, 0.2) is 47.6 Å². The number of nitrogens with one attached hydrogen (secondary N) is 1. The van der Waals surface area contributed by atoms with Crippen LogP contribution in [0.3, 0.4) is 0 Å². The van der Waals surface area contributed by atoms with Crippen LogP contribution in [0.1, 0.15) is 72.1 Å². The average molecular weight is 815 g/mol. The molecule has 3 heterocycles. The number of benzene rings is 2. The van der Waals surface area contributed by atoms with E-state index in [0.717, 1.165) is 54.7 Å². The number of aromatic nitrogens is 2. The molecule has 6 atom stereocenters. The maximum atomic E-state index is 13.6. The van der Waals surface area contributed by atoms with Crippen molar-refractivity contribution < 1.29 is 52.4 Å². The molecule has 11 nitrogen and oxygen atoms in total. The Morgan fingerprint density at radius 2 is 1.96 bits per heavy atom. The Hall–Kier alpha value is -3.29. The van der Waals surface area contributed by atoms with Gasteiger partial charge in [0.1, 0.15) is 11.9 Å². The number of nitrogens with zero attached hydrogens (tertiary/aromatic N) is 5. The highest BCUT2D eigenvalue weighted by Gasteiger charge is 2.42. The quantitative estimate of drug-likeness (QED) is 0.0426. The summed E-state index contributed by atoms with van der Waals surface area (Å²) in [4.78, 5) is 41.2. The number of ether oxygens (including phenoxy) is 2. The van der Waals surface area contributed by atoms with Gasteiger partial charge in [-0.15, -0.1) is 0 Å². The van der Waals surface area contributed by atoms with Crippen molar-refractivity contribution in [3.05, 3.63) is 52.9 Å². The van der Waals surface area contributed by atoms with Gasteiger partial charge in [0.05, 0.1) is 18.3 Å². The largest absolute Gasteiger partial charge is 1.00 e. The van der Waals surface area contributed by atoms with Gasteiger partial charge in [0.2, 0.25) is 5.91 Å². The van der Waals surface area contributed by atoms with Crippen molar-refractivity contribution in [2.24, 2.45) is 35.8 Å². The van der Waals surface area contributed by atoms with Crippen LogP contribution in [-0.2, 0) is 32.7 Å². The maximum Gasteiger partial charge on any atom is 0.348 e. The average Bonchev–Trinajstić information content (AvgIpc) is 3.71. The van der Waals surface area contributed by atoms with Gasteiger partial charge >= 0.3 is 11.9 Å². The number of amides is 1. The molecular formula is C37H47IN6O5S. The number of hydrogen-bond acceptors (Lipinski definition) is 7. The molecule has 1 N–H and O–H groups in total. The number of para-hydroxylation sites is 2. The number of esters is 2. The van der Waals surface area contributed by atoms with Gasteiger partial charge in [0.15, 0.2) is 17.6 Å². The zero-order valence-corrected chi connectivity index (χ0v) is 32.2. The molecule has 6 rings (SSSR count). The molecule has 3 fully saturated rings. The number of rotatable bonds is 12. The summed E-state index contributed by atoms with van der Waals surface area (Å²) >= 11 is 1.91. The highest BCUT2D eigenvalue weighted by atomic mass is 127. The third-order valence-electron chi connectivity index (χ3n) is 10.6. The van der Waals surface area contributed by atoms with Crippen LogP contribution in [-0.4, -0.2) is 45.6 Å². The first-order valence-corrected chi connectivity index (χ1v) is 18.7. The second-order valence-corrected chi connectivity index (χ2v) is 15.6. The molecular weight excluding hydrogens is 767 g/mol. The lowest BCUT2D eigenvalue weighted by Gasteiger charge is -2.36. The zero-order chi connectivity index (χ0) is 34.7. The van der Waals surface area contributed by atoms with Crippen LogP contribution in [0.4, 0.5) is 5.69 Å². The normalized spacial score (nSPS) is 24.3. The highest BCUT2D eigenvalue weighted by Crippen LogP contribution is 2.40. The van der Waals surface area contributed by atoms with Crippen molar-refractivity contribution in [3.63, 3.8) is 0 Å². The van der Waals surface area contributed by atoms with Crippen LogP contribution in [0.25, 0.3) is 32.9 Å². The number of halogens is 1. The van der Waals surface area contributed by atoms with E-state index in [9.17, 15) is 19.9 Å². The lowest BCUT2D eigenvalue weighted by atomic mass is 9.75. The molecule has 268 valence electrons. The van der Waals surface area contributed by atoms with Gasteiger partial charge in [-0.25, -0.2) is 13.9 Å². The minimum absolute atomic E-state index is 0. The van der Waals surface area contributed by atoms with E-state index in [2.05, 4.69) is 36.1 Å². The van der Waals surface area contributed by atoms with Crippen molar-refractivity contribution >= 4 is 46.3 Å². The number of carbonyl (C=O) groups is 3. The standard InChI is InChI=1S/C37H46N6O5S.HI/c1-22(2)26-15-13-23(3)17-31(26)48-35(46)20-43-29-10-6-5-9-28(29)42(4)37(43)24-14-16-30(27(18-24)40-41-38)47-34(45)12-8-7-11-32-36-25(21-49-32)19-33(44)39-36;/h5-6,9-10,14,16,18,22-23,25-26,31-32,36H,7-8,11-13,15,17,19-21H2,1-4H3;1H/t23-,25-,26+,31?,32?,36-;/m1./s1. The minimum atomic E-state index is -0.396. The first-order valence-electron chi connectivity index (χ1n) is 17.6. The van der Waals surface area contributed by atoms with Crippen LogP contribution < -0.4 is 38.6 Å². The summed E-state index contributed by atoms with van der Waals surface area (Å²) in [5, 5.41) is 7.37. The monoisotopic (exact) mass is 814 g/mol. The van der Waals surface area contributed by atoms with Gasteiger partial charge in [0, 0.05) is 29.0 Å². The summed E-state index contributed by atoms with van der Waals surface area (Å²) in [5.74, 6) is 3.10. The molecule has 2 unspecified atom stereocenters. The molecule has 0 spiro atoms. The molecule has 2 saturated heterocycles. The van der Waals surface area contributed by atoms with E-state index < -0.39 is 5.97 Å². The van der Waals surface area contributed by atoms with Crippen LogP contribution >= 0.6 is 11.8 Å². The molecule has 50 heavy (non-hydrogen) atoms. The SMILES string of the molecule is CC(C)[C@@H]1CC[C@@H](C)CC1OC(=O)Cn1c(-c2ccc(OC(=O)CCCCC3SC[C@H]4CC(=O)N[C@@H]34)c(N=[N+]=[N-])c2)[n+](C)c2ccccc21.[I-]. The Bertz CT molecular complexity index is 1770. The third-order valence-corrected chi connectivity index (χ3v) is 12.1. The first-order chi connectivity index (χ1) is 23.6. The topological polar surface area (TPSA) is 139 Å². The van der Waals surface area contributed by atoms with Gasteiger partial charge in [-0.05, 0) is 91.0 Å². The fourth-order valence-electron chi connectivity index (χ4n) is 8.04. The minimum Gasteiger partial charge on any atom is -1.00 e. The van der Waals surface area contributed by atoms with Crippen molar-refractivity contribution in [2.75, 3.05) is 5.75 Å². The summed E-state index contributed by atoms with van der Waals surface area (Å²) in [6.07, 6.45) is 6.30. The van der Waals surface area contributed by atoms with Crippen LogP contribution in [0, 0.1) is 23.7 Å². The zero-order valence-electron chi connectivity index (χ0n) is 29.2. The molecule has 1 amide bonds. The summed E-state index contributed by atoms with van der Waals surface area (Å²) in [7, 11) is 1.93. The molecule has 13 heteroatoms. The predicted molar refractivity (Wildman–Crippen MR) is 189 cm³/mol. The van der Waals surface area contributed by atoms with E-state index >= 15 is 0 Å². The van der Waals surface area contributed by atoms with Crippen molar-refractivity contribution in [3.8, 4) is 17.1 Å². The first kappa shape index (κ1) is 38.0. The van der Waals surface area contributed by atoms with E-state index in [1.807, 2.05) is 58.3 Å². The van der Waals surface area contributed by atoms with Crippen molar-refractivity contribution in [1.82, 2.24) is 9.88 Å². The van der Waals surface area contributed by atoms with E-state index in [0.29, 0.717) is 47.3 Å². The molecule has 1 saturated carbocycles. The number of unbranched alkanes of at least 4 members (excludes halogenated alkanes) is 1. The van der Waals surface area contributed by atoms with E-state index in [1.54, 1.807) is 12.1 Å². The van der Waals surface area contributed by atoms with E-state index in [-0.39, 0.29) is 72.4 Å². The number of azide groups is 1. The third kappa shape index (κ3) is 8.42. The smallest absolute Gasteiger partial charge is 0.348 e. The Morgan fingerprint density at radius 3 is 2.74 bits per heavy atom. The Balaban J connectivity index is 0.00000486. The van der Waals surface area contributed by atoms with Gasteiger partial charge in [-0.1, -0.05) is 50.9 Å². The number of aryl methyl sites for hydroxylation is 1. The van der Waals surface area contributed by atoms with Gasteiger partial charge in [-0.3, -0.25) is 9.59 Å². The summed E-state index contributed by atoms with van der Waals surface area (Å²) in [6.45, 7) is 6.64. The molecule has 3 aliphatic rings. The maximum absolute atomic E-state index is 13.6. The second-order valence-electron chi connectivity index (χ2n) is 14.3. The molecule has 1 aromatic heterocycles. The molecule has 0 radical (unpaired) electrons. The Kier molecular flexibility index (Phi) is 12.8. The number of carbonyl (C=O) groups excluding carboxylic acids is 3. The number of thioether (sulfide) groups is 1. The van der Waals surface area contributed by atoms with E-state index in [4.69, 9.17) is 9.47 Å². The molecule has 0 bridgehead atoms.